The van der Waals surface area contributed by atoms with Crippen molar-refractivity contribution in [2.24, 2.45) is 0 Å². The molecule has 0 aromatic heterocycles. The Morgan fingerprint density at radius 3 is 2.62 bits per heavy atom. The van der Waals surface area contributed by atoms with E-state index in [0.29, 0.717) is 18.7 Å². The number of carbonyl (C=O) groups excluding carboxylic acids is 2. The van der Waals surface area contributed by atoms with Crippen LogP contribution in [0.1, 0.15) is 23.6 Å². The number of urea groups is 1. The van der Waals surface area contributed by atoms with E-state index in [9.17, 15) is 14.0 Å². The number of carbonyl (C=O) groups is 2. The Hall–Kier alpha value is -2.89. The molecule has 0 bridgehead atoms. The van der Waals surface area contributed by atoms with Crippen molar-refractivity contribution in [2.75, 3.05) is 25.5 Å². The number of rotatable bonds is 4. The lowest BCUT2D eigenvalue weighted by molar-refractivity contribution is -0.129. The maximum atomic E-state index is 13.6. The molecule has 3 rings (SSSR count). The van der Waals surface area contributed by atoms with Gasteiger partial charge in [-0.1, -0.05) is 36.4 Å². The lowest BCUT2D eigenvalue weighted by Gasteiger charge is -2.25. The minimum absolute atomic E-state index is 0.0768. The second-order valence-electron chi connectivity index (χ2n) is 6.58. The molecule has 1 aliphatic rings. The average Bonchev–Trinajstić information content (AvgIpc) is 3.04. The third-order valence-electron chi connectivity index (χ3n) is 4.57. The van der Waals surface area contributed by atoms with Crippen LogP contribution in [0, 0.1) is 5.82 Å². The van der Waals surface area contributed by atoms with Crippen molar-refractivity contribution in [1.82, 2.24) is 10.2 Å². The number of hydrogen-bond acceptors (Lipinski definition) is 2. The SMILES string of the molecule is CN(C)C(=O)CC(NC(=O)N1CCc2ccc(F)cc21)c1ccccc1. The van der Waals surface area contributed by atoms with Gasteiger partial charge in [0.1, 0.15) is 5.82 Å². The minimum atomic E-state index is -0.448. The molecular formula is C20H22FN3O2. The molecular weight excluding hydrogens is 333 g/mol. The summed E-state index contributed by atoms with van der Waals surface area (Å²) in [5.74, 6) is -0.446. The van der Waals surface area contributed by atoms with Crippen LogP contribution < -0.4 is 10.2 Å². The summed E-state index contributed by atoms with van der Waals surface area (Å²) in [6.45, 7) is 0.494. The van der Waals surface area contributed by atoms with E-state index in [1.165, 1.54) is 21.9 Å². The Morgan fingerprint density at radius 1 is 1.19 bits per heavy atom. The number of benzene rings is 2. The van der Waals surface area contributed by atoms with Crippen LogP contribution in [0.3, 0.4) is 0 Å². The summed E-state index contributed by atoms with van der Waals surface area (Å²) in [4.78, 5) is 28.0. The number of nitrogens with one attached hydrogen (secondary N) is 1. The molecule has 1 unspecified atom stereocenters. The van der Waals surface area contributed by atoms with Gasteiger partial charge in [-0.3, -0.25) is 9.69 Å². The van der Waals surface area contributed by atoms with Crippen LogP contribution in [-0.2, 0) is 11.2 Å². The summed E-state index contributed by atoms with van der Waals surface area (Å²) in [5, 5.41) is 2.94. The fourth-order valence-electron chi connectivity index (χ4n) is 3.09. The monoisotopic (exact) mass is 355 g/mol. The molecule has 0 saturated heterocycles. The van der Waals surface area contributed by atoms with E-state index in [1.54, 1.807) is 20.2 Å². The van der Waals surface area contributed by atoms with Gasteiger partial charge in [0.15, 0.2) is 0 Å². The Labute approximate surface area is 152 Å². The van der Waals surface area contributed by atoms with Crippen LogP contribution in [0.4, 0.5) is 14.9 Å². The van der Waals surface area contributed by atoms with Gasteiger partial charge in [-0.25, -0.2) is 9.18 Å². The number of hydrogen-bond donors (Lipinski definition) is 1. The maximum Gasteiger partial charge on any atom is 0.322 e. The fourth-order valence-corrected chi connectivity index (χ4v) is 3.09. The predicted molar refractivity (Wildman–Crippen MR) is 98.5 cm³/mol. The fraction of sp³-hybridized carbons (Fsp3) is 0.300. The van der Waals surface area contributed by atoms with E-state index in [2.05, 4.69) is 5.32 Å². The van der Waals surface area contributed by atoms with Crippen molar-refractivity contribution in [3.63, 3.8) is 0 Å². The number of amides is 3. The van der Waals surface area contributed by atoms with E-state index < -0.39 is 6.04 Å². The van der Waals surface area contributed by atoms with Crippen LogP contribution in [0.25, 0.3) is 0 Å². The van der Waals surface area contributed by atoms with Gasteiger partial charge in [0, 0.05) is 20.6 Å². The highest BCUT2D eigenvalue weighted by Gasteiger charge is 2.28. The van der Waals surface area contributed by atoms with E-state index in [-0.39, 0.29) is 24.2 Å². The Morgan fingerprint density at radius 2 is 1.92 bits per heavy atom. The largest absolute Gasteiger partial charge is 0.349 e. The quantitative estimate of drug-likeness (QED) is 0.916. The number of fused-ring (bicyclic) bond motifs is 1. The van der Waals surface area contributed by atoms with Gasteiger partial charge in [0.2, 0.25) is 5.91 Å². The zero-order valence-electron chi connectivity index (χ0n) is 14.9. The average molecular weight is 355 g/mol. The molecule has 3 amide bonds. The Bertz CT molecular complexity index is 808. The molecule has 0 fully saturated rings. The zero-order valence-corrected chi connectivity index (χ0v) is 14.9. The summed E-state index contributed by atoms with van der Waals surface area (Å²) in [6, 6.07) is 13.1. The molecule has 5 nitrogen and oxygen atoms in total. The second-order valence-corrected chi connectivity index (χ2v) is 6.58. The summed E-state index contributed by atoms with van der Waals surface area (Å²) in [6.07, 6.45) is 0.849. The normalized spacial score (nSPS) is 13.9. The number of nitrogens with zero attached hydrogens (tertiary/aromatic N) is 2. The predicted octanol–water partition coefficient (Wildman–Crippen LogP) is 3.12. The van der Waals surface area contributed by atoms with E-state index in [1.807, 2.05) is 30.3 Å². The minimum Gasteiger partial charge on any atom is -0.349 e. The third kappa shape index (κ3) is 3.85. The van der Waals surface area contributed by atoms with Crippen LogP contribution in [0.15, 0.2) is 48.5 Å². The van der Waals surface area contributed by atoms with Gasteiger partial charge >= 0.3 is 6.03 Å². The van der Waals surface area contributed by atoms with Crippen LogP contribution in [0.2, 0.25) is 0 Å². The number of anilines is 1. The van der Waals surface area contributed by atoms with E-state index in [0.717, 1.165) is 11.1 Å². The lowest BCUT2D eigenvalue weighted by Crippen LogP contribution is -2.42. The highest BCUT2D eigenvalue weighted by molar-refractivity contribution is 5.94. The van der Waals surface area contributed by atoms with E-state index >= 15 is 0 Å². The van der Waals surface area contributed by atoms with Crippen molar-refractivity contribution < 1.29 is 14.0 Å². The second kappa shape index (κ2) is 7.56. The smallest absolute Gasteiger partial charge is 0.322 e. The molecule has 1 heterocycles. The molecule has 2 aromatic rings. The molecule has 1 N–H and O–H groups in total. The van der Waals surface area contributed by atoms with Crippen LogP contribution >= 0.6 is 0 Å². The van der Waals surface area contributed by atoms with Crippen LogP contribution in [0.5, 0.6) is 0 Å². The van der Waals surface area contributed by atoms with Crippen molar-refractivity contribution in [3.8, 4) is 0 Å². The molecule has 0 spiro atoms. The van der Waals surface area contributed by atoms with Gasteiger partial charge in [0.05, 0.1) is 18.2 Å². The first-order chi connectivity index (χ1) is 12.5. The van der Waals surface area contributed by atoms with Gasteiger partial charge in [-0.05, 0) is 29.7 Å². The number of halogens is 1. The molecule has 136 valence electrons. The summed E-state index contributed by atoms with van der Waals surface area (Å²) in [5.41, 5.74) is 2.39. The topological polar surface area (TPSA) is 52.7 Å². The molecule has 26 heavy (non-hydrogen) atoms. The highest BCUT2D eigenvalue weighted by Crippen LogP contribution is 2.29. The van der Waals surface area contributed by atoms with Gasteiger partial charge in [-0.2, -0.15) is 0 Å². The molecule has 0 saturated carbocycles. The maximum absolute atomic E-state index is 13.6. The van der Waals surface area contributed by atoms with Crippen molar-refractivity contribution in [1.29, 1.82) is 0 Å². The first-order valence-electron chi connectivity index (χ1n) is 8.57. The lowest BCUT2D eigenvalue weighted by atomic mass is 10.0. The first-order valence-corrected chi connectivity index (χ1v) is 8.57. The van der Waals surface area contributed by atoms with E-state index in [4.69, 9.17) is 0 Å². The van der Waals surface area contributed by atoms with Crippen molar-refractivity contribution in [3.05, 3.63) is 65.5 Å². The molecule has 6 heteroatoms. The summed E-state index contributed by atoms with van der Waals surface area (Å²) in [7, 11) is 3.37. The molecule has 2 aromatic carbocycles. The first kappa shape index (κ1) is 17.9. The van der Waals surface area contributed by atoms with Gasteiger partial charge in [0.25, 0.3) is 0 Å². The standard InChI is InChI=1S/C20H22FN3O2/c1-23(2)19(25)13-17(14-6-4-3-5-7-14)22-20(26)24-11-10-15-8-9-16(21)12-18(15)24/h3-9,12,17H,10-11,13H2,1-2H3,(H,22,26). The van der Waals surface area contributed by atoms with Crippen molar-refractivity contribution >= 4 is 17.6 Å². The molecule has 1 atom stereocenters. The van der Waals surface area contributed by atoms with Crippen LogP contribution in [-0.4, -0.2) is 37.5 Å². The van der Waals surface area contributed by atoms with Crippen molar-refractivity contribution in [2.45, 2.75) is 18.9 Å². The molecule has 0 aliphatic carbocycles. The van der Waals surface area contributed by atoms with Gasteiger partial charge < -0.3 is 10.2 Å². The zero-order chi connectivity index (χ0) is 18.7. The van der Waals surface area contributed by atoms with Gasteiger partial charge in [-0.15, -0.1) is 0 Å². The third-order valence-corrected chi connectivity index (χ3v) is 4.57. The Balaban J connectivity index is 1.80. The summed E-state index contributed by atoms with van der Waals surface area (Å²) < 4.78 is 13.6. The molecule has 0 radical (unpaired) electrons. The Kier molecular flexibility index (Phi) is 5.21. The molecule has 1 aliphatic heterocycles. The summed E-state index contributed by atoms with van der Waals surface area (Å²) >= 11 is 0. The highest BCUT2D eigenvalue weighted by atomic mass is 19.1.